The summed E-state index contributed by atoms with van der Waals surface area (Å²) in [5.74, 6) is -0.0348. The van der Waals surface area contributed by atoms with Crippen molar-refractivity contribution in [2.45, 2.75) is 6.18 Å². The van der Waals surface area contributed by atoms with Crippen LogP contribution in [-0.2, 0) is 6.18 Å². The van der Waals surface area contributed by atoms with E-state index in [1.54, 1.807) is 0 Å². The van der Waals surface area contributed by atoms with Gasteiger partial charge in [-0.25, -0.2) is 0 Å². The molecule has 0 fully saturated rings. The van der Waals surface area contributed by atoms with Crippen LogP contribution >= 0.6 is 34.8 Å². The number of nitrogens with two attached hydrogens (primary N) is 1. The number of alkyl halides is 3. The predicted octanol–water partition coefficient (Wildman–Crippen LogP) is 6.04. The fourth-order valence-electron chi connectivity index (χ4n) is 1.55. The maximum absolute atomic E-state index is 12.7. The van der Waals surface area contributed by atoms with Gasteiger partial charge < -0.3 is 10.5 Å². The minimum atomic E-state index is -4.53. The number of rotatable bonds is 2. The van der Waals surface area contributed by atoms with Gasteiger partial charge >= 0.3 is 6.18 Å². The summed E-state index contributed by atoms with van der Waals surface area (Å²) < 4.78 is 43.4. The fourth-order valence-corrected chi connectivity index (χ4v) is 2.13. The van der Waals surface area contributed by atoms with Crippen LogP contribution in [0.15, 0.2) is 30.3 Å². The van der Waals surface area contributed by atoms with Crippen molar-refractivity contribution in [3.8, 4) is 11.5 Å². The van der Waals surface area contributed by atoms with Crippen LogP contribution in [0.2, 0.25) is 15.1 Å². The summed E-state index contributed by atoms with van der Waals surface area (Å²) in [6.45, 7) is 0. The lowest BCUT2D eigenvalue weighted by molar-refractivity contribution is -0.137. The Morgan fingerprint density at radius 2 is 1.48 bits per heavy atom. The summed E-state index contributed by atoms with van der Waals surface area (Å²) >= 11 is 17.5. The lowest BCUT2D eigenvalue weighted by Crippen LogP contribution is -2.06. The van der Waals surface area contributed by atoms with Crippen molar-refractivity contribution >= 4 is 40.5 Å². The Bertz CT molecular complexity index is 689. The zero-order chi connectivity index (χ0) is 15.8. The van der Waals surface area contributed by atoms with Gasteiger partial charge in [-0.1, -0.05) is 34.8 Å². The fraction of sp³-hybridized carbons (Fsp3) is 0.0769. The summed E-state index contributed by atoms with van der Waals surface area (Å²) in [6.07, 6.45) is -4.53. The van der Waals surface area contributed by atoms with Crippen molar-refractivity contribution in [1.82, 2.24) is 0 Å². The van der Waals surface area contributed by atoms with Gasteiger partial charge in [0.1, 0.15) is 11.5 Å². The van der Waals surface area contributed by atoms with Gasteiger partial charge in [0, 0.05) is 17.8 Å². The molecule has 0 aliphatic carbocycles. The summed E-state index contributed by atoms with van der Waals surface area (Å²) in [7, 11) is 0. The Hall–Kier alpha value is -1.30. The molecule has 21 heavy (non-hydrogen) atoms. The van der Waals surface area contributed by atoms with Crippen molar-refractivity contribution in [1.29, 1.82) is 0 Å². The highest BCUT2D eigenvalue weighted by molar-refractivity contribution is 6.43. The average Bonchev–Trinajstić information content (AvgIpc) is 2.34. The first-order valence-corrected chi connectivity index (χ1v) is 6.60. The van der Waals surface area contributed by atoms with Crippen LogP contribution in [0.5, 0.6) is 11.5 Å². The standard InChI is InChI=1S/C13H7Cl3F3NO/c14-9-4-11(16)12(5-10(9)15)21-8-2-6(13(17,18)19)1-7(20)3-8/h1-5H,20H2. The molecule has 0 saturated heterocycles. The Kier molecular flexibility index (Phi) is 4.46. The Morgan fingerprint density at radius 1 is 0.857 bits per heavy atom. The van der Waals surface area contributed by atoms with E-state index in [2.05, 4.69) is 0 Å². The number of hydrogen-bond acceptors (Lipinski definition) is 2. The molecule has 0 amide bonds. The van der Waals surface area contributed by atoms with Crippen molar-refractivity contribution in [2.24, 2.45) is 0 Å². The van der Waals surface area contributed by atoms with E-state index in [4.69, 9.17) is 45.3 Å². The number of ether oxygens (including phenoxy) is 1. The third-order valence-electron chi connectivity index (χ3n) is 2.46. The second kappa shape index (κ2) is 5.83. The molecule has 0 radical (unpaired) electrons. The molecule has 0 aliphatic heterocycles. The Balaban J connectivity index is 2.40. The average molecular weight is 357 g/mol. The largest absolute Gasteiger partial charge is 0.456 e. The first-order valence-electron chi connectivity index (χ1n) is 5.47. The number of anilines is 1. The van der Waals surface area contributed by atoms with Crippen molar-refractivity contribution in [2.75, 3.05) is 5.73 Å². The third kappa shape index (κ3) is 3.87. The molecule has 2 rings (SSSR count). The lowest BCUT2D eigenvalue weighted by Gasteiger charge is -2.13. The summed E-state index contributed by atoms with van der Waals surface area (Å²) in [4.78, 5) is 0. The summed E-state index contributed by atoms with van der Waals surface area (Å²) in [5, 5.41) is 0.481. The van der Waals surface area contributed by atoms with Crippen LogP contribution in [0.1, 0.15) is 5.56 Å². The van der Waals surface area contributed by atoms with Gasteiger partial charge in [-0.15, -0.1) is 0 Å². The molecule has 0 bridgehead atoms. The topological polar surface area (TPSA) is 35.2 Å². The minimum Gasteiger partial charge on any atom is -0.456 e. The van der Waals surface area contributed by atoms with Crippen LogP contribution < -0.4 is 10.5 Å². The summed E-state index contributed by atoms with van der Waals surface area (Å²) in [5.41, 5.74) is 4.43. The molecular weight excluding hydrogens is 350 g/mol. The molecule has 0 spiro atoms. The minimum absolute atomic E-state index is 0.0739. The van der Waals surface area contributed by atoms with Gasteiger partial charge in [0.05, 0.1) is 20.6 Å². The highest BCUT2D eigenvalue weighted by Gasteiger charge is 2.31. The number of hydrogen-bond donors (Lipinski definition) is 1. The van der Waals surface area contributed by atoms with E-state index in [1.807, 2.05) is 0 Å². The van der Waals surface area contributed by atoms with Gasteiger partial charge in [-0.3, -0.25) is 0 Å². The molecular formula is C13H7Cl3F3NO. The van der Waals surface area contributed by atoms with Crippen LogP contribution in [0.3, 0.4) is 0 Å². The quantitative estimate of drug-likeness (QED) is 0.526. The third-order valence-corrected chi connectivity index (χ3v) is 3.48. The van der Waals surface area contributed by atoms with E-state index < -0.39 is 11.7 Å². The predicted molar refractivity (Wildman–Crippen MR) is 77.4 cm³/mol. The molecule has 0 unspecified atom stereocenters. The monoisotopic (exact) mass is 355 g/mol. The highest BCUT2D eigenvalue weighted by Crippen LogP contribution is 2.39. The van der Waals surface area contributed by atoms with Crippen molar-refractivity contribution in [3.63, 3.8) is 0 Å². The van der Waals surface area contributed by atoms with Crippen LogP contribution in [0.4, 0.5) is 18.9 Å². The van der Waals surface area contributed by atoms with Crippen molar-refractivity contribution < 1.29 is 17.9 Å². The molecule has 0 aliphatic rings. The molecule has 8 heteroatoms. The maximum Gasteiger partial charge on any atom is 0.416 e. The normalized spacial score (nSPS) is 11.5. The maximum atomic E-state index is 12.7. The highest BCUT2D eigenvalue weighted by atomic mass is 35.5. The number of halogens is 6. The molecule has 2 nitrogen and oxygen atoms in total. The molecule has 112 valence electrons. The van der Waals surface area contributed by atoms with Gasteiger partial charge in [0.25, 0.3) is 0 Å². The van der Waals surface area contributed by atoms with Crippen LogP contribution in [-0.4, -0.2) is 0 Å². The van der Waals surface area contributed by atoms with Crippen LogP contribution in [0.25, 0.3) is 0 Å². The van der Waals surface area contributed by atoms with Gasteiger partial charge in [0.15, 0.2) is 0 Å². The number of benzene rings is 2. The Labute approximate surface area is 133 Å². The van der Waals surface area contributed by atoms with E-state index in [0.29, 0.717) is 0 Å². The van der Waals surface area contributed by atoms with E-state index >= 15 is 0 Å². The molecule has 0 saturated carbocycles. The number of nitrogen functional groups attached to an aromatic ring is 1. The second-order valence-corrected chi connectivity index (χ2v) is 5.31. The van der Waals surface area contributed by atoms with E-state index in [1.165, 1.54) is 18.2 Å². The lowest BCUT2D eigenvalue weighted by atomic mass is 10.2. The first kappa shape index (κ1) is 16.1. The van der Waals surface area contributed by atoms with E-state index in [0.717, 1.165) is 12.1 Å². The second-order valence-electron chi connectivity index (χ2n) is 4.09. The van der Waals surface area contributed by atoms with Gasteiger partial charge in [0.2, 0.25) is 0 Å². The van der Waals surface area contributed by atoms with E-state index in [9.17, 15) is 13.2 Å². The van der Waals surface area contributed by atoms with Crippen molar-refractivity contribution in [3.05, 3.63) is 51.0 Å². The first-order chi connectivity index (χ1) is 9.66. The SMILES string of the molecule is Nc1cc(Oc2cc(Cl)c(Cl)cc2Cl)cc(C(F)(F)F)c1. The molecule has 0 atom stereocenters. The van der Waals surface area contributed by atoms with Gasteiger partial charge in [-0.2, -0.15) is 13.2 Å². The zero-order valence-electron chi connectivity index (χ0n) is 10.1. The Morgan fingerprint density at radius 3 is 2.10 bits per heavy atom. The zero-order valence-corrected chi connectivity index (χ0v) is 12.4. The molecule has 2 aromatic rings. The van der Waals surface area contributed by atoms with E-state index in [-0.39, 0.29) is 32.3 Å². The van der Waals surface area contributed by atoms with Gasteiger partial charge in [-0.05, 0) is 18.2 Å². The molecule has 2 aromatic carbocycles. The summed E-state index contributed by atoms with van der Waals surface area (Å²) in [6, 6.07) is 5.51. The molecule has 0 heterocycles. The molecule has 0 aromatic heterocycles. The molecule has 2 N–H and O–H groups in total. The van der Waals surface area contributed by atoms with Crippen LogP contribution in [0, 0.1) is 0 Å². The smallest absolute Gasteiger partial charge is 0.416 e.